The molecule has 0 spiro atoms. The van der Waals surface area contributed by atoms with E-state index in [2.05, 4.69) is 9.97 Å². The van der Waals surface area contributed by atoms with E-state index in [0.717, 1.165) is 0 Å². The predicted octanol–water partition coefficient (Wildman–Crippen LogP) is 1.71. The van der Waals surface area contributed by atoms with E-state index in [0.29, 0.717) is 11.1 Å². The van der Waals surface area contributed by atoms with Crippen molar-refractivity contribution in [2.24, 2.45) is 0 Å². The molecule has 1 aromatic heterocycles. The van der Waals surface area contributed by atoms with Crippen molar-refractivity contribution >= 4 is 0 Å². The number of halogens is 1. The summed E-state index contributed by atoms with van der Waals surface area (Å²) in [7, 11) is 1.39. The van der Waals surface area contributed by atoms with Crippen molar-refractivity contribution in [3.63, 3.8) is 0 Å². The lowest BCUT2D eigenvalue weighted by atomic mass is 10.0. The van der Waals surface area contributed by atoms with E-state index in [-0.39, 0.29) is 5.75 Å². The summed E-state index contributed by atoms with van der Waals surface area (Å²) in [4.78, 5) is 7.60. The molecule has 1 N–H and O–H groups in total. The van der Waals surface area contributed by atoms with Crippen LogP contribution in [0, 0.1) is 5.82 Å². The number of benzene rings is 1. The van der Waals surface area contributed by atoms with Gasteiger partial charge in [-0.2, -0.15) is 0 Å². The fraction of sp³-hybridized carbons (Fsp3) is 0.167. The quantitative estimate of drug-likeness (QED) is 0.878. The fourth-order valence-corrected chi connectivity index (χ4v) is 1.50. The average Bonchev–Trinajstić information content (AvgIpc) is 2.39. The largest absolute Gasteiger partial charge is 0.494 e. The van der Waals surface area contributed by atoms with Gasteiger partial charge in [0, 0.05) is 18.0 Å². The monoisotopic (exact) mass is 234 g/mol. The normalized spacial score (nSPS) is 12.2. The molecule has 5 heteroatoms. The van der Waals surface area contributed by atoms with Crippen molar-refractivity contribution < 1.29 is 14.2 Å². The molecule has 1 atom stereocenters. The highest BCUT2D eigenvalue weighted by Crippen LogP contribution is 2.25. The van der Waals surface area contributed by atoms with Crippen LogP contribution in [0.4, 0.5) is 4.39 Å². The maximum absolute atomic E-state index is 13.5. The Bertz CT molecular complexity index is 505. The fourth-order valence-electron chi connectivity index (χ4n) is 1.50. The molecule has 0 amide bonds. The van der Waals surface area contributed by atoms with E-state index in [1.165, 1.54) is 38.0 Å². The van der Waals surface area contributed by atoms with Crippen LogP contribution >= 0.6 is 0 Å². The molecule has 0 saturated heterocycles. The molecule has 2 aromatic rings. The lowest BCUT2D eigenvalue weighted by molar-refractivity contribution is 0.218. The highest BCUT2D eigenvalue weighted by Gasteiger charge is 2.13. The summed E-state index contributed by atoms with van der Waals surface area (Å²) in [5.74, 6) is -0.369. The predicted molar refractivity (Wildman–Crippen MR) is 59.0 cm³/mol. The van der Waals surface area contributed by atoms with Gasteiger partial charge in [0.2, 0.25) is 0 Å². The van der Waals surface area contributed by atoms with Gasteiger partial charge in [0.1, 0.15) is 12.4 Å². The van der Waals surface area contributed by atoms with Gasteiger partial charge in [-0.25, -0.2) is 14.4 Å². The number of ether oxygens (including phenoxy) is 1. The summed E-state index contributed by atoms with van der Waals surface area (Å²) in [6.07, 6.45) is 3.39. The van der Waals surface area contributed by atoms with E-state index in [4.69, 9.17) is 4.74 Å². The van der Waals surface area contributed by atoms with Crippen LogP contribution in [0.1, 0.15) is 17.2 Å². The zero-order valence-corrected chi connectivity index (χ0v) is 9.17. The molecular formula is C12H11FN2O2. The molecule has 0 aliphatic carbocycles. The number of methoxy groups -OCH3 is 1. The highest BCUT2D eigenvalue weighted by atomic mass is 19.1. The first-order valence-corrected chi connectivity index (χ1v) is 4.99. The van der Waals surface area contributed by atoms with Gasteiger partial charge < -0.3 is 9.84 Å². The number of aliphatic hydroxyl groups is 1. The Hall–Kier alpha value is -2.01. The molecule has 0 bridgehead atoms. The van der Waals surface area contributed by atoms with Gasteiger partial charge in [-0.3, -0.25) is 0 Å². The minimum Gasteiger partial charge on any atom is -0.494 e. The molecule has 0 radical (unpaired) electrons. The van der Waals surface area contributed by atoms with Crippen LogP contribution in [0.5, 0.6) is 5.75 Å². The van der Waals surface area contributed by atoms with Crippen molar-refractivity contribution in [3.8, 4) is 5.75 Å². The van der Waals surface area contributed by atoms with Gasteiger partial charge in [-0.1, -0.05) is 6.07 Å². The molecule has 2 rings (SSSR count). The maximum atomic E-state index is 13.5. The summed E-state index contributed by atoms with van der Waals surface area (Å²) in [6.45, 7) is 0. The van der Waals surface area contributed by atoms with Crippen molar-refractivity contribution in [1.82, 2.24) is 9.97 Å². The smallest absolute Gasteiger partial charge is 0.165 e. The minimum atomic E-state index is -0.948. The van der Waals surface area contributed by atoms with E-state index in [1.54, 1.807) is 6.07 Å². The summed E-state index contributed by atoms with van der Waals surface area (Å²) < 4.78 is 18.3. The third-order valence-electron chi connectivity index (χ3n) is 2.39. The molecule has 1 unspecified atom stereocenters. The number of hydrogen-bond acceptors (Lipinski definition) is 4. The van der Waals surface area contributed by atoms with Crippen LogP contribution in [0.2, 0.25) is 0 Å². The third-order valence-corrected chi connectivity index (χ3v) is 2.39. The Morgan fingerprint density at radius 3 is 2.53 bits per heavy atom. The average molecular weight is 234 g/mol. The number of aromatic nitrogens is 2. The van der Waals surface area contributed by atoms with Crippen LogP contribution in [-0.4, -0.2) is 22.2 Å². The summed E-state index contributed by atoms with van der Waals surface area (Å²) in [6, 6.07) is 4.30. The van der Waals surface area contributed by atoms with Gasteiger partial charge in [-0.15, -0.1) is 0 Å². The first-order valence-electron chi connectivity index (χ1n) is 4.99. The molecule has 1 aromatic carbocycles. The van der Waals surface area contributed by atoms with Crippen LogP contribution in [0.25, 0.3) is 0 Å². The van der Waals surface area contributed by atoms with E-state index < -0.39 is 11.9 Å². The second-order valence-corrected chi connectivity index (χ2v) is 3.47. The highest BCUT2D eigenvalue weighted by molar-refractivity contribution is 5.33. The summed E-state index contributed by atoms with van der Waals surface area (Å²) >= 11 is 0. The van der Waals surface area contributed by atoms with Gasteiger partial charge in [-0.05, 0) is 17.7 Å². The van der Waals surface area contributed by atoms with Crippen LogP contribution < -0.4 is 4.74 Å². The Morgan fingerprint density at radius 2 is 1.94 bits per heavy atom. The molecule has 0 fully saturated rings. The molecule has 0 aliphatic rings. The van der Waals surface area contributed by atoms with Crippen molar-refractivity contribution in [1.29, 1.82) is 0 Å². The first kappa shape index (κ1) is 11.5. The number of aliphatic hydroxyl groups excluding tert-OH is 1. The van der Waals surface area contributed by atoms with Crippen molar-refractivity contribution in [2.75, 3.05) is 7.11 Å². The molecule has 4 nitrogen and oxygen atoms in total. The Kier molecular flexibility index (Phi) is 3.30. The SMILES string of the molecule is COc1ccc(C(O)c2cncnc2)cc1F. The maximum Gasteiger partial charge on any atom is 0.165 e. The molecule has 88 valence electrons. The summed E-state index contributed by atoms with van der Waals surface area (Å²) in [5.41, 5.74) is 0.940. The van der Waals surface area contributed by atoms with E-state index in [1.807, 2.05) is 0 Å². The Balaban J connectivity index is 2.32. The number of hydrogen-bond donors (Lipinski definition) is 1. The third kappa shape index (κ3) is 2.39. The first-order chi connectivity index (χ1) is 8.22. The Labute approximate surface area is 97.7 Å². The van der Waals surface area contributed by atoms with Gasteiger partial charge >= 0.3 is 0 Å². The zero-order valence-electron chi connectivity index (χ0n) is 9.17. The number of rotatable bonds is 3. The van der Waals surface area contributed by atoms with Gasteiger partial charge in [0.25, 0.3) is 0 Å². The molecule has 17 heavy (non-hydrogen) atoms. The molecule has 0 aliphatic heterocycles. The van der Waals surface area contributed by atoms with Crippen molar-refractivity contribution in [2.45, 2.75) is 6.10 Å². The number of nitrogens with zero attached hydrogens (tertiary/aromatic N) is 2. The minimum absolute atomic E-state index is 0.144. The summed E-state index contributed by atoms with van der Waals surface area (Å²) in [5, 5.41) is 9.99. The second kappa shape index (κ2) is 4.88. The van der Waals surface area contributed by atoms with Gasteiger partial charge in [0.05, 0.1) is 7.11 Å². The molecule has 1 heterocycles. The lowest BCUT2D eigenvalue weighted by Gasteiger charge is -2.11. The second-order valence-electron chi connectivity index (χ2n) is 3.47. The molecular weight excluding hydrogens is 223 g/mol. The topological polar surface area (TPSA) is 55.2 Å². The van der Waals surface area contributed by atoms with Crippen LogP contribution in [0.3, 0.4) is 0 Å². The standard InChI is InChI=1S/C12H11FN2O2/c1-17-11-3-2-8(4-10(11)13)12(16)9-5-14-7-15-6-9/h2-7,12,16H,1H3. The van der Waals surface area contributed by atoms with Crippen molar-refractivity contribution in [3.05, 3.63) is 53.9 Å². The molecule has 0 saturated carbocycles. The lowest BCUT2D eigenvalue weighted by Crippen LogP contribution is -2.02. The Morgan fingerprint density at radius 1 is 1.24 bits per heavy atom. The van der Waals surface area contributed by atoms with Crippen LogP contribution in [-0.2, 0) is 0 Å². The van der Waals surface area contributed by atoms with E-state index in [9.17, 15) is 9.50 Å². The van der Waals surface area contributed by atoms with Gasteiger partial charge in [0.15, 0.2) is 11.6 Å². The van der Waals surface area contributed by atoms with E-state index >= 15 is 0 Å². The van der Waals surface area contributed by atoms with Crippen LogP contribution in [0.15, 0.2) is 36.9 Å². The zero-order chi connectivity index (χ0) is 12.3.